The van der Waals surface area contributed by atoms with Crippen LogP contribution in [0.3, 0.4) is 0 Å². The van der Waals surface area contributed by atoms with E-state index in [4.69, 9.17) is 0 Å². The van der Waals surface area contributed by atoms with Crippen LogP contribution in [0.15, 0.2) is 24.3 Å². The number of para-hydroxylation sites is 2. The Bertz CT molecular complexity index is 540. The number of ketones is 1. The molecule has 112 valence electrons. The Morgan fingerprint density at radius 2 is 2.00 bits per heavy atom. The largest absolute Gasteiger partial charge is 0.412 e. The van der Waals surface area contributed by atoms with Crippen molar-refractivity contribution >= 4 is 41.6 Å². The summed E-state index contributed by atoms with van der Waals surface area (Å²) in [5.74, 6) is 1.23. The molecule has 0 aliphatic carbocycles. The molecular weight excluding hydrogens is 301 g/mol. The van der Waals surface area contributed by atoms with Gasteiger partial charge in [0.25, 0.3) is 0 Å². The number of hydrogen-bond acceptors (Lipinski definition) is 3. The fourth-order valence-corrected chi connectivity index (χ4v) is 2.37. The summed E-state index contributed by atoms with van der Waals surface area (Å²) in [6.07, 6.45) is 1.23. The van der Waals surface area contributed by atoms with Crippen molar-refractivity contribution in [2.24, 2.45) is 0 Å². The number of nitrogens with one attached hydrogen (secondary N) is 1. The number of fused-ring (bicyclic) bond motifs is 1. The maximum atomic E-state index is 11.5. The Morgan fingerprint density at radius 3 is 2.70 bits per heavy atom. The Morgan fingerprint density at radius 1 is 1.30 bits per heavy atom. The van der Waals surface area contributed by atoms with Gasteiger partial charge >= 0.3 is 0 Å². The Balaban J connectivity index is 0.00000120. The second-order valence-corrected chi connectivity index (χ2v) is 4.63. The van der Waals surface area contributed by atoms with Crippen LogP contribution in [-0.4, -0.2) is 39.7 Å². The highest BCUT2D eigenvalue weighted by Crippen LogP contribution is 2.27. The number of carbonyl (C=O) groups excluding carboxylic acids is 1. The summed E-state index contributed by atoms with van der Waals surface area (Å²) in [4.78, 5) is 21.6. The van der Waals surface area contributed by atoms with Gasteiger partial charge in [-0.2, -0.15) is 0 Å². The molecule has 1 unspecified atom stereocenters. The molecule has 1 aliphatic heterocycles. The number of rotatable bonds is 1. The van der Waals surface area contributed by atoms with Crippen LogP contribution in [-0.2, 0) is 4.79 Å². The molecule has 0 saturated carbocycles. The van der Waals surface area contributed by atoms with Gasteiger partial charge in [0.1, 0.15) is 11.6 Å². The van der Waals surface area contributed by atoms with Crippen LogP contribution in [0.5, 0.6) is 0 Å². The number of likely N-dealkylation sites (tertiary alicyclic amines) is 1. The van der Waals surface area contributed by atoms with Gasteiger partial charge < -0.3 is 10.5 Å². The monoisotopic (exact) mass is 319 g/mol. The third-order valence-electron chi connectivity index (χ3n) is 3.42. The van der Waals surface area contributed by atoms with E-state index in [9.17, 15) is 4.79 Å². The first-order valence-electron chi connectivity index (χ1n) is 5.90. The van der Waals surface area contributed by atoms with E-state index in [1.807, 2.05) is 31.3 Å². The molecule has 3 N–H and O–H groups in total. The number of imidazole rings is 1. The zero-order valence-electron chi connectivity index (χ0n) is 11.1. The third kappa shape index (κ3) is 3.49. The maximum Gasteiger partial charge on any atom is 0.136 e. The van der Waals surface area contributed by atoms with Gasteiger partial charge in [-0.05, 0) is 19.2 Å². The Kier molecular flexibility index (Phi) is 7.16. The van der Waals surface area contributed by atoms with Crippen LogP contribution in [0.2, 0.25) is 0 Å². The number of aromatic nitrogens is 2. The molecule has 2 aromatic rings. The minimum absolute atomic E-state index is 0. The van der Waals surface area contributed by atoms with Crippen LogP contribution in [0.4, 0.5) is 0 Å². The van der Waals surface area contributed by atoms with Gasteiger partial charge in [0, 0.05) is 19.4 Å². The predicted molar refractivity (Wildman–Crippen MR) is 83.8 cm³/mol. The second kappa shape index (κ2) is 7.59. The lowest BCUT2D eigenvalue weighted by Crippen LogP contribution is -2.34. The van der Waals surface area contributed by atoms with Crippen LogP contribution in [0.25, 0.3) is 11.0 Å². The molecule has 0 spiro atoms. The van der Waals surface area contributed by atoms with Crippen molar-refractivity contribution < 1.29 is 10.3 Å². The lowest BCUT2D eigenvalue weighted by atomic mass is 10.0. The van der Waals surface area contributed by atoms with Gasteiger partial charge in [0.15, 0.2) is 0 Å². The summed E-state index contributed by atoms with van der Waals surface area (Å²) >= 11 is 0. The Hall–Kier alpha value is -1.14. The molecule has 1 aromatic carbocycles. The van der Waals surface area contributed by atoms with Crippen molar-refractivity contribution in [3.05, 3.63) is 30.1 Å². The zero-order valence-corrected chi connectivity index (χ0v) is 12.8. The number of nitrogens with zero attached hydrogens (tertiary/aromatic N) is 2. The number of halogens is 2. The summed E-state index contributed by atoms with van der Waals surface area (Å²) in [6, 6.07) is 8.06. The Labute approximate surface area is 129 Å². The number of benzene rings is 1. The number of piperidine rings is 1. The molecule has 1 atom stereocenters. The van der Waals surface area contributed by atoms with E-state index in [0.29, 0.717) is 18.6 Å². The molecule has 20 heavy (non-hydrogen) atoms. The fourth-order valence-electron chi connectivity index (χ4n) is 2.37. The first-order valence-corrected chi connectivity index (χ1v) is 5.90. The lowest BCUT2D eigenvalue weighted by molar-refractivity contribution is -0.123. The summed E-state index contributed by atoms with van der Waals surface area (Å²) in [5, 5.41) is 0. The van der Waals surface area contributed by atoms with E-state index in [0.717, 1.165) is 23.4 Å². The number of Topliss-reactive ketones (excluding diaryl/α,β-unsaturated/α-hetero) is 1. The van der Waals surface area contributed by atoms with E-state index < -0.39 is 0 Å². The number of hydrogen-bond donors (Lipinski definition) is 1. The van der Waals surface area contributed by atoms with Crippen LogP contribution in [0.1, 0.15) is 24.7 Å². The highest BCUT2D eigenvalue weighted by atomic mass is 35.5. The van der Waals surface area contributed by atoms with E-state index in [1.165, 1.54) is 0 Å². The normalized spacial score (nSPS) is 18.9. The topological polar surface area (TPSA) is 80.5 Å². The minimum Gasteiger partial charge on any atom is -0.412 e. The highest BCUT2D eigenvalue weighted by molar-refractivity contribution is 5.85. The smallest absolute Gasteiger partial charge is 0.136 e. The molecule has 7 heteroatoms. The molecular formula is C13H19Cl2N3O2. The molecule has 1 aromatic heterocycles. The molecule has 5 nitrogen and oxygen atoms in total. The summed E-state index contributed by atoms with van der Waals surface area (Å²) < 4.78 is 0. The van der Waals surface area contributed by atoms with Gasteiger partial charge in [-0.3, -0.25) is 9.69 Å². The standard InChI is InChI=1S/C13H15N3O.2ClH.H2O/c1-16-7-6-9(17)8-12(16)13-14-10-4-2-3-5-11(10)15-13;;;/h2-5,12H,6-8H2,1H3,(H,14,15);2*1H;1H2. The maximum absolute atomic E-state index is 11.5. The van der Waals surface area contributed by atoms with Crippen LogP contribution >= 0.6 is 24.8 Å². The molecule has 0 amide bonds. The van der Waals surface area contributed by atoms with Crippen molar-refractivity contribution in [3.8, 4) is 0 Å². The van der Waals surface area contributed by atoms with Crippen LogP contribution < -0.4 is 0 Å². The minimum atomic E-state index is 0. The van der Waals surface area contributed by atoms with Crippen LogP contribution in [0, 0.1) is 0 Å². The van der Waals surface area contributed by atoms with Gasteiger partial charge in [0.05, 0.1) is 17.1 Å². The van der Waals surface area contributed by atoms with E-state index in [-0.39, 0.29) is 36.3 Å². The zero-order chi connectivity index (χ0) is 11.8. The number of H-pyrrole nitrogens is 1. The molecule has 1 aliphatic rings. The summed E-state index contributed by atoms with van der Waals surface area (Å²) in [6.45, 7) is 0.820. The lowest BCUT2D eigenvalue weighted by Gasteiger charge is -2.29. The molecule has 2 heterocycles. The molecule has 0 radical (unpaired) electrons. The molecule has 1 fully saturated rings. The van der Waals surface area contributed by atoms with Crippen molar-refractivity contribution in [2.45, 2.75) is 18.9 Å². The third-order valence-corrected chi connectivity index (χ3v) is 3.42. The van der Waals surface area contributed by atoms with Gasteiger partial charge in [-0.1, -0.05) is 12.1 Å². The van der Waals surface area contributed by atoms with Gasteiger partial charge in [-0.15, -0.1) is 24.8 Å². The fraction of sp³-hybridized carbons (Fsp3) is 0.385. The van der Waals surface area contributed by atoms with Gasteiger partial charge in [-0.25, -0.2) is 4.98 Å². The first-order chi connectivity index (χ1) is 8.24. The molecule has 0 bridgehead atoms. The number of aromatic amines is 1. The summed E-state index contributed by atoms with van der Waals surface area (Å²) in [5.41, 5.74) is 2.00. The van der Waals surface area contributed by atoms with Crippen molar-refractivity contribution in [3.63, 3.8) is 0 Å². The van der Waals surface area contributed by atoms with Crippen molar-refractivity contribution in [1.29, 1.82) is 0 Å². The molecule has 1 saturated heterocycles. The second-order valence-electron chi connectivity index (χ2n) is 4.63. The highest BCUT2D eigenvalue weighted by Gasteiger charge is 2.27. The van der Waals surface area contributed by atoms with E-state index >= 15 is 0 Å². The predicted octanol–water partition coefficient (Wildman–Crippen LogP) is 1.92. The first kappa shape index (κ1) is 18.9. The van der Waals surface area contributed by atoms with Crippen molar-refractivity contribution in [1.82, 2.24) is 14.9 Å². The quantitative estimate of drug-likeness (QED) is 0.871. The van der Waals surface area contributed by atoms with Crippen molar-refractivity contribution in [2.75, 3.05) is 13.6 Å². The molecule has 3 rings (SSSR count). The SMILES string of the molecule is CN1CCC(=O)CC1c1nc2ccccc2[nH]1.Cl.Cl.O. The average molecular weight is 320 g/mol. The van der Waals surface area contributed by atoms with E-state index in [2.05, 4.69) is 14.9 Å². The number of carbonyl (C=O) groups is 1. The average Bonchev–Trinajstić information content (AvgIpc) is 2.75. The van der Waals surface area contributed by atoms with E-state index in [1.54, 1.807) is 0 Å². The summed E-state index contributed by atoms with van der Waals surface area (Å²) in [7, 11) is 2.05. The van der Waals surface area contributed by atoms with Gasteiger partial charge in [0.2, 0.25) is 0 Å².